The van der Waals surface area contributed by atoms with Gasteiger partial charge in [-0.1, -0.05) is 0 Å². The van der Waals surface area contributed by atoms with Gasteiger partial charge < -0.3 is 19.3 Å². The van der Waals surface area contributed by atoms with Crippen LogP contribution in [-0.2, 0) is 19.1 Å². The van der Waals surface area contributed by atoms with Gasteiger partial charge in [-0.05, 0) is 38.5 Å². The summed E-state index contributed by atoms with van der Waals surface area (Å²) in [7, 11) is 0. The number of hydrogen-bond acceptors (Lipinski definition) is 4. The zero-order valence-electron chi connectivity index (χ0n) is 14.9. The molecule has 3 fully saturated rings. The highest BCUT2D eigenvalue weighted by atomic mass is 16.5. The van der Waals surface area contributed by atoms with Gasteiger partial charge in [0.25, 0.3) is 0 Å². The Hall–Kier alpha value is -1.14. The fourth-order valence-electron chi connectivity index (χ4n) is 4.24. The van der Waals surface area contributed by atoms with E-state index in [0.29, 0.717) is 51.0 Å². The van der Waals surface area contributed by atoms with Gasteiger partial charge in [-0.3, -0.25) is 9.59 Å². The molecule has 3 aliphatic rings. The van der Waals surface area contributed by atoms with Crippen molar-refractivity contribution < 1.29 is 19.1 Å². The van der Waals surface area contributed by atoms with E-state index in [1.54, 1.807) is 0 Å². The molecule has 0 aromatic rings. The van der Waals surface area contributed by atoms with Crippen molar-refractivity contribution >= 4 is 11.8 Å². The molecule has 0 spiro atoms. The Balaban J connectivity index is 1.53. The lowest BCUT2D eigenvalue weighted by Crippen LogP contribution is -2.60. The molecule has 0 aliphatic carbocycles. The predicted molar refractivity (Wildman–Crippen MR) is 89.4 cm³/mol. The average Bonchev–Trinajstić information content (AvgIpc) is 3.20. The highest BCUT2D eigenvalue weighted by molar-refractivity contribution is 5.79. The number of rotatable bonds is 4. The molecule has 0 unspecified atom stereocenters. The van der Waals surface area contributed by atoms with Crippen LogP contribution in [0.4, 0.5) is 0 Å². The number of piperazine rings is 1. The van der Waals surface area contributed by atoms with Crippen molar-refractivity contribution in [2.75, 3.05) is 39.5 Å². The van der Waals surface area contributed by atoms with Crippen molar-refractivity contribution in [1.82, 2.24) is 9.80 Å². The maximum atomic E-state index is 12.7. The Morgan fingerprint density at radius 3 is 1.83 bits per heavy atom. The highest BCUT2D eigenvalue weighted by Crippen LogP contribution is 2.24. The van der Waals surface area contributed by atoms with E-state index in [1.807, 2.05) is 9.80 Å². The minimum atomic E-state index is 0.0762. The normalized spacial score (nSPS) is 33.9. The van der Waals surface area contributed by atoms with E-state index in [0.717, 1.165) is 26.1 Å². The summed E-state index contributed by atoms with van der Waals surface area (Å²) in [5.74, 6) is 1.14. The number of hydrogen-bond donors (Lipinski definition) is 0. The van der Waals surface area contributed by atoms with E-state index in [4.69, 9.17) is 9.47 Å². The standard InChI is InChI=1S/C18H30N2O4/c1-13-9-19(17(21)7-15-3-5-23-11-15)10-14(2)20(13)18(22)8-16-4-6-24-12-16/h13-16H,3-12H2,1-2H3/t13-,14+,15-,16-/m1/s1. The Kier molecular flexibility index (Phi) is 5.76. The van der Waals surface area contributed by atoms with Crippen molar-refractivity contribution in [3.63, 3.8) is 0 Å². The molecule has 3 rings (SSSR count). The number of carbonyl (C=O) groups excluding carboxylic acids is 2. The lowest BCUT2D eigenvalue weighted by molar-refractivity contribution is -0.147. The summed E-state index contributed by atoms with van der Waals surface area (Å²) < 4.78 is 10.7. The molecule has 136 valence electrons. The fourth-order valence-corrected chi connectivity index (χ4v) is 4.24. The van der Waals surface area contributed by atoms with Gasteiger partial charge in [0, 0.05) is 64.4 Å². The third-order valence-corrected chi connectivity index (χ3v) is 5.53. The van der Waals surface area contributed by atoms with Gasteiger partial charge in [0.1, 0.15) is 0 Å². The number of amides is 2. The Labute approximate surface area is 144 Å². The maximum Gasteiger partial charge on any atom is 0.223 e. The molecule has 3 aliphatic heterocycles. The quantitative estimate of drug-likeness (QED) is 0.775. The first-order valence-corrected chi connectivity index (χ1v) is 9.29. The summed E-state index contributed by atoms with van der Waals surface area (Å²) in [4.78, 5) is 29.2. The van der Waals surface area contributed by atoms with Crippen molar-refractivity contribution in [3.8, 4) is 0 Å². The third kappa shape index (κ3) is 4.09. The van der Waals surface area contributed by atoms with Gasteiger partial charge in [0.05, 0.1) is 0 Å². The van der Waals surface area contributed by atoms with E-state index in [2.05, 4.69) is 13.8 Å². The van der Waals surface area contributed by atoms with Crippen LogP contribution in [0.2, 0.25) is 0 Å². The first kappa shape index (κ1) is 17.7. The first-order chi connectivity index (χ1) is 11.5. The van der Waals surface area contributed by atoms with Crippen LogP contribution in [0.25, 0.3) is 0 Å². The van der Waals surface area contributed by atoms with Gasteiger partial charge in [0.2, 0.25) is 11.8 Å². The Morgan fingerprint density at radius 1 is 0.875 bits per heavy atom. The second-order valence-corrected chi connectivity index (χ2v) is 7.67. The van der Waals surface area contributed by atoms with Crippen molar-refractivity contribution in [3.05, 3.63) is 0 Å². The summed E-state index contributed by atoms with van der Waals surface area (Å²) in [6, 6.07) is 0.152. The van der Waals surface area contributed by atoms with Crippen molar-refractivity contribution in [1.29, 1.82) is 0 Å². The Bertz CT molecular complexity index is 446. The number of nitrogens with zero attached hydrogens (tertiary/aromatic N) is 2. The SMILES string of the molecule is C[C@@H]1CN(C(=O)C[C@H]2CCOC2)C[C@H](C)N1C(=O)C[C@H]1CCOC1. The first-order valence-electron chi connectivity index (χ1n) is 9.29. The largest absolute Gasteiger partial charge is 0.381 e. The van der Waals surface area contributed by atoms with Crippen LogP contribution < -0.4 is 0 Å². The smallest absolute Gasteiger partial charge is 0.223 e. The molecule has 0 aromatic carbocycles. The molecule has 6 nitrogen and oxygen atoms in total. The average molecular weight is 338 g/mol. The van der Waals surface area contributed by atoms with Gasteiger partial charge >= 0.3 is 0 Å². The molecular formula is C18H30N2O4. The summed E-state index contributed by atoms with van der Waals surface area (Å²) >= 11 is 0. The lowest BCUT2D eigenvalue weighted by Gasteiger charge is -2.45. The Morgan fingerprint density at radius 2 is 1.38 bits per heavy atom. The summed E-state index contributed by atoms with van der Waals surface area (Å²) in [5, 5.41) is 0. The van der Waals surface area contributed by atoms with Crippen LogP contribution in [0.5, 0.6) is 0 Å². The van der Waals surface area contributed by atoms with Gasteiger partial charge in [-0.2, -0.15) is 0 Å². The highest BCUT2D eigenvalue weighted by Gasteiger charge is 2.36. The molecular weight excluding hydrogens is 308 g/mol. The molecule has 6 heteroatoms. The monoisotopic (exact) mass is 338 g/mol. The van der Waals surface area contributed by atoms with Gasteiger partial charge in [-0.25, -0.2) is 0 Å². The van der Waals surface area contributed by atoms with Gasteiger partial charge in [0.15, 0.2) is 0 Å². The number of carbonyl (C=O) groups is 2. The molecule has 3 saturated heterocycles. The zero-order valence-corrected chi connectivity index (χ0v) is 14.9. The molecule has 0 bridgehead atoms. The van der Waals surface area contributed by atoms with Crippen molar-refractivity contribution in [2.45, 2.75) is 51.6 Å². The molecule has 0 radical (unpaired) electrons. The zero-order chi connectivity index (χ0) is 17.1. The van der Waals surface area contributed by atoms with Crippen LogP contribution in [0, 0.1) is 11.8 Å². The van der Waals surface area contributed by atoms with Crippen LogP contribution in [0.3, 0.4) is 0 Å². The topological polar surface area (TPSA) is 59.1 Å². The molecule has 3 heterocycles. The summed E-state index contributed by atoms with van der Waals surface area (Å²) in [6.07, 6.45) is 3.12. The maximum absolute atomic E-state index is 12.7. The minimum absolute atomic E-state index is 0.0762. The minimum Gasteiger partial charge on any atom is -0.381 e. The second kappa shape index (κ2) is 7.83. The predicted octanol–water partition coefficient (Wildman–Crippen LogP) is 1.29. The van der Waals surface area contributed by atoms with E-state index in [-0.39, 0.29) is 23.9 Å². The van der Waals surface area contributed by atoms with E-state index in [1.165, 1.54) is 0 Å². The van der Waals surface area contributed by atoms with Crippen LogP contribution in [0.15, 0.2) is 0 Å². The third-order valence-electron chi connectivity index (χ3n) is 5.53. The van der Waals surface area contributed by atoms with E-state index in [9.17, 15) is 9.59 Å². The molecule has 0 aromatic heterocycles. The molecule has 24 heavy (non-hydrogen) atoms. The fraction of sp³-hybridized carbons (Fsp3) is 0.889. The van der Waals surface area contributed by atoms with E-state index < -0.39 is 0 Å². The number of ether oxygens (including phenoxy) is 2. The molecule has 2 amide bonds. The molecule has 0 N–H and O–H groups in total. The summed E-state index contributed by atoms with van der Waals surface area (Å²) in [6.45, 7) is 8.35. The second-order valence-electron chi connectivity index (χ2n) is 7.67. The van der Waals surface area contributed by atoms with Crippen LogP contribution in [0.1, 0.15) is 39.5 Å². The van der Waals surface area contributed by atoms with Crippen LogP contribution >= 0.6 is 0 Å². The van der Waals surface area contributed by atoms with Crippen molar-refractivity contribution in [2.24, 2.45) is 11.8 Å². The summed E-state index contributed by atoms with van der Waals surface area (Å²) in [5.41, 5.74) is 0. The van der Waals surface area contributed by atoms with E-state index >= 15 is 0 Å². The molecule has 0 saturated carbocycles. The molecule has 4 atom stereocenters. The lowest BCUT2D eigenvalue weighted by atomic mass is 9.99. The van der Waals surface area contributed by atoms with Crippen LogP contribution in [-0.4, -0.2) is 73.2 Å². The van der Waals surface area contributed by atoms with Gasteiger partial charge in [-0.15, -0.1) is 0 Å².